The van der Waals surface area contributed by atoms with E-state index in [0.717, 1.165) is 6.54 Å². The maximum Gasteiger partial charge on any atom is 0.00644 e. The van der Waals surface area contributed by atoms with Crippen molar-refractivity contribution in [2.45, 2.75) is 20.3 Å². The van der Waals surface area contributed by atoms with Gasteiger partial charge >= 0.3 is 0 Å². The van der Waals surface area contributed by atoms with Gasteiger partial charge in [-0.25, -0.2) is 0 Å². The van der Waals surface area contributed by atoms with Gasteiger partial charge in [0, 0.05) is 12.0 Å². The molecule has 0 saturated heterocycles. The van der Waals surface area contributed by atoms with Crippen molar-refractivity contribution < 1.29 is 0 Å². The van der Waals surface area contributed by atoms with Crippen LogP contribution in [0.3, 0.4) is 0 Å². The normalized spacial score (nSPS) is 28.2. The minimum atomic E-state index is 0.239. The summed E-state index contributed by atoms with van der Waals surface area (Å²) < 4.78 is 0. The minimum Gasteiger partial charge on any atom is -0.330 e. The van der Waals surface area contributed by atoms with E-state index in [4.69, 9.17) is 5.73 Å². The third kappa shape index (κ3) is 1.84. The molecule has 0 aromatic heterocycles. The van der Waals surface area contributed by atoms with E-state index in [0.29, 0.717) is 5.41 Å². The lowest BCUT2D eigenvalue weighted by Crippen LogP contribution is -2.18. The molecule has 0 aliphatic heterocycles. The van der Waals surface area contributed by atoms with Crippen LogP contribution in [0.15, 0.2) is 36.4 Å². The fourth-order valence-electron chi connectivity index (χ4n) is 2.27. The molecule has 0 bridgehead atoms. The molecule has 1 unspecified atom stereocenters. The molecule has 1 nitrogen and oxygen atoms in total. The number of hydrogen-bond acceptors (Lipinski definition) is 1. The Bertz CT molecular complexity index is 364. The van der Waals surface area contributed by atoms with Gasteiger partial charge in [0.1, 0.15) is 0 Å². The molecule has 1 aromatic rings. The Morgan fingerprint density at radius 2 is 1.87 bits per heavy atom. The largest absolute Gasteiger partial charge is 0.330 e. The number of nitrogens with two attached hydrogens (primary N) is 1. The van der Waals surface area contributed by atoms with Gasteiger partial charge in [-0.2, -0.15) is 0 Å². The van der Waals surface area contributed by atoms with Gasteiger partial charge in [0.15, 0.2) is 0 Å². The monoisotopic (exact) mass is 201 g/mol. The summed E-state index contributed by atoms with van der Waals surface area (Å²) in [4.78, 5) is 0. The van der Waals surface area contributed by atoms with Gasteiger partial charge in [-0.1, -0.05) is 56.3 Å². The van der Waals surface area contributed by atoms with Crippen molar-refractivity contribution >= 4 is 6.08 Å². The maximum atomic E-state index is 5.86. The molecule has 1 heteroatoms. The zero-order chi connectivity index (χ0) is 10.9. The van der Waals surface area contributed by atoms with Crippen LogP contribution < -0.4 is 5.73 Å². The molecule has 15 heavy (non-hydrogen) atoms. The van der Waals surface area contributed by atoms with Crippen LogP contribution in [0.1, 0.15) is 25.8 Å². The van der Waals surface area contributed by atoms with Crippen LogP contribution >= 0.6 is 0 Å². The highest BCUT2D eigenvalue weighted by molar-refractivity contribution is 5.51. The fraction of sp³-hybridized carbons (Fsp3) is 0.429. The fourth-order valence-corrected chi connectivity index (χ4v) is 2.27. The van der Waals surface area contributed by atoms with Crippen LogP contribution in [0.4, 0.5) is 0 Å². The highest BCUT2D eigenvalue weighted by atomic mass is 14.7. The summed E-state index contributed by atoms with van der Waals surface area (Å²) in [5.74, 6) is 0. The van der Waals surface area contributed by atoms with E-state index < -0.39 is 0 Å². The second kappa shape index (κ2) is 3.49. The van der Waals surface area contributed by atoms with Crippen molar-refractivity contribution in [3.05, 3.63) is 42.0 Å². The Hall–Kier alpha value is -1.08. The lowest BCUT2D eigenvalue weighted by Gasteiger charge is -2.12. The van der Waals surface area contributed by atoms with Crippen LogP contribution in [-0.4, -0.2) is 6.54 Å². The van der Waals surface area contributed by atoms with E-state index in [1.165, 1.54) is 12.0 Å². The summed E-state index contributed by atoms with van der Waals surface area (Å²) in [6, 6.07) is 10.4. The molecule has 0 amide bonds. The first-order valence-corrected chi connectivity index (χ1v) is 5.54. The standard InChI is InChI=1S/C14H19N/c1-13(2)10-14(13,11-15)9-8-12-6-4-3-5-7-12/h3-9H,10-11,15H2,1-2H3/b9-8+. The Morgan fingerprint density at radius 3 is 2.33 bits per heavy atom. The number of rotatable bonds is 3. The summed E-state index contributed by atoms with van der Waals surface area (Å²) in [6.45, 7) is 5.33. The van der Waals surface area contributed by atoms with E-state index >= 15 is 0 Å². The average Bonchev–Trinajstić information content (AvgIpc) is 2.80. The SMILES string of the molecule is CC1(C)CC1(/C=C/c1ccccc1)CN. The topological polar surface area (TPSA) is 26.0 Å². The van der Waals surface area contributed by atoms with Gasteiger partial charge in [0.25, 0.3) is 0 Å². The van der Waals surface area contributed by atoms with Crippen molar-refractivity contribution in [3.63, 3.8) is 0 Å². The summed E-state index contributed by atoms with van der Waals surface area (Å²) >= 11 is 0. The lowest BCUT2D eigenvalue weighted by atomic mass is 9.95. The maximum absolute atomic E-state index is 5.86. The predicted molar refractivity (Wildman–Crippen MR) is 65.4 cm³/mol. The second-order valence-corrected chi connectivity index (χ2v) is 5.16. The summed E-state index contributed by atoms with van der Waals surface area (Å²) in [5.41, 5.74) is 7.74. The van der Waals surface area contributed by atoms with Crippen molar-refractivity contribution in [2.75, 3.05) is 6.54 Å². The molecule has 0 heterocycles. The molecular formula is C14H19N. The predicted octanol–water partition coefficient (Wildman–Crippen LogP) is 3.07. The van der Waals surface area contributed by atoms with Crippen LogP contribution in [0.25, 0.3) is 6.08 Å². The van der Waals surface area contributed by atoms with Crippen molar-refractivity contribution in [1.29, 1.82) is 0 Å². The molecule has 1 aliphatic carbocycles. The number of hydrogen-bond donors (Lipinski definition) is 1. The molecular weight excluding hydrogens is 182 g/mol. The van der Waals surface area contributed by atoms with E-state index in [2.05, 4.69) is 50.3 Å². The van der Waals surface area contributed by atoms with Crippen molar-refractivity contribution in [3.8, 4) is 0 Å². The molecule has 2 N–H and O–H groups in total. The Labute approximate surface area is 92.0 Å². The molecule has 2 rings (SSSR count). The van der Waals surface area contributed by atoms with Crippen LogP contribution in [0, 0.1) is 10.8 Å². The summed E-state index contributed by atoms with van der Waals surface area (Å²) in [6.07, 6.45) is 5.70. The van der Waals surface area contributed by atoms with E-state index in [-0.39, 0.29) is 5.41 Å². The van der Waals surface area contributed by atoms with Crippen molar-refractivity contribution in [2.24, 2.45) is 16.6 Å². The zero-order valence-electron chi connectivity index (χ0n) is 9.53. The van der Waals surface area contributed by atoms with E-state index in [1.54, 1.807) is 0 Å². The zero-order valence-corrected chi connectivity index (χ0v) is 9.53. The van der Waals surface area contributed by atoms with Gasteiger partial charge in [-0.15, -0.1) is 0 Å². The molecule has 80 valence electrons. The van der Waals surface area contributed by atoms with Crippen LogP contribution in [0.5, 0.6) is 0 Å². The molecule has 0 radical (unpaired) electrons. The average molecular weight is 201 g/mol. The number of benzene rings is 1. The Morgan fingerprint density at radius 1 is 1.27 bits per heavy atom. The quantitative estimate of drug-likeness (QED) is 0.799. The van der Waals surface area contributed by atoms with Gasteiger partial charge < -0.3 is 5.73 Å². The first kappa shape index (κ1) is 10.4. The molecule has 1 saturated carbocycles. The van der Waals surface area contributed by atoms with Gasteiger partial charge in [0.2, 0.25) is 0 Å². The van der Waals surface area contributed by atoms with Gasteiger partial charge in [-0.05, 0) is 17.4 Å². The molecule has 1 atom stereocenters. The van der Waals surface area contributed by atoms with Crippen LogP contribution in [-0.2, 0) is 0 Å². The van der Waals surface area contributed by atoms with Crippen molar-refractivity contribution in [1.82, 2.24) is 0 Å². The highest BCUT2D eigenvalue weighted by Crippen LogP contribution is 2.63. The smallest absolute Gasteiger partial charge is 0.00644 e. The molecule has 1 fully saturated rings. The summed E-state index contributed by atoms with van der Waals surface area (Å²) in [7, 11) is 0. The second-order valence-electron chi connectivity index (χ2n) is 5.16. The Balaban J connectivity index is 2.13. The third-order valence-electron chi connectivity index (χ3n) is 3.74. The van der Waals surface area contributed by atoms with Gasteiger partial charge in [-0.3, -0.25) is 0 Å². The highest BCUT2D eigenvalue weighted by Gasteiger charge is 2.58. The Kier molecular flexibility index (Phi) is 2.43. The summed E-state index contributed by atoms with van der Waals surface area (Å²) in [5, 5.41) is 0. The van der Waals surface area contributed by atoms with E-state index in [1.807, 2.05) is 6.07 Å². The molecule has 1 aromatic carbocycles. The minimum absolute atomic E-state index is 0.239. The molecule has 1 aliphatic rings. The van der Waals surface area contributed by atoms with Crippen LogP contribution in [0.2, 0.25) is 0 Å². The molecule has 0 spiro atoms. The first-order chi connectivity index (χ1) is 7.10. The van der Waals surface area contributed by atoms with E-state index in [9.17, 15) is 0 Å². The first-order valence-electron chi connectivity index (χ1n) is 5.54. The van der Waals surface area contributed by atoms with Gasteiger partial charge in [0.05, 0.1) is 0 Å². The lowest BCUT2D eigenvalue weighted by molar-refractivity contribution is 0.476. The third-order valence-corrected chi connectivity index (χ3v) is 3.74.